The molecule has 1 unspecified atom stereocenters. The first-order valence-corrected chi connectivity index (χ1v) is 14.3. The molecule has 2 aliphatic rings. The molecule has 0 saturated carbocycles. The molecule has 5 aromatic rings. The highest BCUT2D eigenvalue weighted by molar-refractivity contribution is 5.72. The molecule has 0 aliphatic carbocycles. The Labute approximate surface area is 274 Å². The smallest absolute Gasteiger partial charge is 0.336 e. The van der Waals surface area contributed by atoms with Crippen LogP contribution in [0.5, 0.6) is 11.5 Å². The van der Waals surface area contributed by atoms with Crippen LogP contribution in [0.2, 0.25) is 0 Å². The van der Waals surface area contributed by atoms with E-state index in [1.807, 2.05) is 0 Å². The lowest BCUT2D eigenvalue weighted by atomic mass is 9.84. The van der Waals surface area contributed by atoms with Crippen LogP contribution in [-0.2, 0) is 31.6 Å². The summed E-state index contributed by atoms with van der Waals surface area (Å²) in [4.78, 5) is 1.21. The van der Waals surface area contributed by atoms with Gasteiger partial charge in [-0.25, -0.2) is 14.0 Å². The van der Waals surface area contributed by atoms with Gasteiger partial charge in [-0.2, -0.15) is 0 Å². The summed E-state index contributed by atoms with van der Waals surface area (Å²) in [6, 6.07) is 27.9. The van der Waals surface area contributed by atoms with Crippen LogP contribution < -0.4 is 48.2 Å². The number of benzene rings is 4. The van der Waals surface area contributed by atoms with Crippen LogP contribution in [-0.4, -0.2) is 27.7 Å². The third kappa shape index (κ3) is 5.52. The van der Waals surface area contributed by atoms with E-state index in [-0.39, 0.29) is 39.4 Å². The van der Waals surface area contributed by atoms with Crippen molar-refractivity contribution in [2.45, 2.75) is 52.4 Å². The lowest BCUT2D eigenvalue weighted by Crippen LogP contribution is -3.04. The second kappa shape index (κ2) is 11.9. The fraction of sp³-hybridized carbons (Fsp3) is 0.257. The standard InChI is InChI=1S/C35H35N4O2.2BrH/c1-35(2,3)28-16-26-20-38-22-36(29-12-5-7-14-31(29)38)18-24-10-9-11-25(34(24)41-4)19-37-23-39(21-27(17-28)33(26)40)32-15-8-6-13-30(32)37;;/h5-17,22-23H,18-21H2,1-4H3;2*1H/q+1;;. The second-order valence-corrected chi connectivity index (χ2v) is 12.3. The Morgan fingerprint density at radius 2 is 1.56 bits per heavy atom. The fourth-order valence-electron chi connectivity index (χ4n) is 6.44. The van der Waals surface area contributed by atoms with Gasteiger partial charge >= 0.3 is 6.34 Å². The van der Waals surface area contributed by atoms with E-state index >= 15 is 0 Å². The maximum atomic E-state index is 11.8. The maximum Gasteiger partial charge on any atom is 0.336 e. The number of phenolic OH excluding ortho intramolecular Hbond substituents is 1. The molecule has 6 nitrogen and oxygen atoms in total. The zero-order valence-electron chi connectivity index (χ0n) is 24.9. The number of halogens is 2. The van der Waals surface area contributed by atoms with Gasteiger partial charge in [-0.15, -0.1) is 4.58 Å². The number of phenols is 1. The van der Waals surface area contributed by atoms with Crippen LogP contribution in [0.25, 0.3) is 11.0 Å². The van der Waals surface area contributed by atoms with Gasteiger partial charge in [0.05, 0.1) is 12.7 Å². The van der Waals surface area contributed by atoms with Crippen LogP contribution >= 0.6 is 0 Å². The lowest BCUT2D eigenvalue weighted by molar-refractivity contribution is -0.750. The summed E-state index contributed by atoms with van der Waals surface area (Å²) in [6.45, 7) is 9.33. The molecule has 0 saturated heterocycles. The van der Waals surface area contributed by atoms with Gasteiger partial charge in [-0.3, -0.25) is 0 Å². The highest BCUT2D eigenvalue weighted by Gasteiger charge is 2.35. The molecule has 1 aromatic heterocycles. The van der Waals surface area contributed by atoms with Crippen molar-refractivity contribution in [3.63, 3.8) is 0 Å². The number of hydrogen-bond donors (Lipinski definition) is 2. The number of aromatic nitrogens is 2. The summed E-state index contributed by atoms with van der Waals surface area (Å²) in [5.41, 5.74) is 10.1. The number of methoxy groups -OCH3 is 1. The molecule has 0 fully saturated rings. The zero-order valence-corrected chi connectivity index (χ0v) is 28.1. The minimum Gasteiger partial charge on any atom is -1.00 e. The summed E-state index contributed by atoms with van der Waals surface area (Å²) < 4.78 is 12.9. The van der Waals surface area contributed by atoms with Crippen LogP contribution in [0.4, 0.5) is 11.4 Å². The van der Waals surface area contributed by atoms with E-state index in [4.69, 9.17) is 4.74 Å². The van der Waals surface area contributed by atoms with Crippen molar-refractivity contribution in [3.8, 4) is 11.5 Å². The predicted molar refractivity (Wildman–Crippen MR) is 161 cm³/mol. The number of para-hydroxylation sites is 5. The van der Waals surface area contributed by atoms with Crippen molar-refractivity contribution in [2.75, 3.05) is 7.11 Å². The number of nitrogens with zero attached hydrogens (tertiary/aromatic N) is 3. The number of rotatable bonds is 1. The minimum atomic E-state index is -0.0516. The number of quaternary nitrogens is 1. The second-order valence-electron chi connectivity index (χ2n) is 12.3. The van der Waals surface area contributed by atoms with E-state index in [2.05, 4.69) is 126 Å². The largest absolute Gasteiger partial charge is 1.00 e. The van der Waals surface area contributed by atoms with E-state index in [0.717, 1.165) is 39.0 Å². The Hall–Kier alpha value is -3.46. The van der Waals surface area contributed by atoms with Crippen molar-refractivity contribution in [3.05, 3.63) is 113 Å². The number of imidazole rings is 1. The molecule has 43 heavy (non-hydrogen) atoms. The van der Waals surface area contributed by atoms with Gasteiger partial charge in [0.2, 0.25) is 12.0 Å². The lowest BCUT2D eigenvalue weighted by Gasteiger charge is -2.22. The molecule has 2 aliphatic heterocycles. The van der Waals surface area contributed by atoms with E-state index in [9.17, 15) is 5.11 Å². The number of aromatic hydroxyl groups is 1. The van der Waals surface area contributed by atoms with E-state index in [1.165, 1.54) is 21.8 Å². The SMILES string of the molecule is COc1c2cccc1C[N+]1=C[NH+](Cc3cc(C(C)(C)C)cc(c3O)C[n+]3cn(c4ccccc43)C2)c2ccccc21.[Br-].[Br-]. The van der Waals surface area contributed by atoms with Crippen molar-refractivity contribution < 1.29 is 57.8 Å². The third-order valence-corrected chi connectivity index (χ3v) is 8.57. The minimum absolute atomic E-state index is 0. The van der Waals surface area contributed by atoms with Gasteiger partial charge in [-0.05, 0) is 41.3 Å². The van der Waals surface area contributed by atoms with Gasteiger partial charge in [0.15, 0.2) is 17.6 Å². The Balaban J connectivity index is 0.00000184. The molecular weight excluding hydrogens is 668 g/mol. The Kier molecular flexibility index (Phi) is 8.58. The van der Waals surface area contributed by atoms with Gasteiger partial charge in [0.25, 0.3) is 5.69 Å². The average Bonchev–Trinajstić information content (AvgIpc) is 3.48. The van der Waals surface area contributed by atoms with Gasteiger partial charge < -0.3 is 43.8 Å². The molecule has 0 spiro atoms. The molecule has 222 valence electrons. The molecule has 7 rings (SSSR count). The molecular formula is C35H37Br2N4O2+. The number of ether oxygens (including phenoxy) is 1. The molecule has 0 amide bonds. The van der Waals surface area contributed by atoms with Crippen LogP contribution in [0.15, 0.2) is 85.2 Å². The highest BCUT2D eigenvalue weighted by atomic mass is 79.9. The van der Waals surface area contributed by atoms with Crippen molar-refractivity contribution in [1.82, 2.24) is 4.57 Å². The van der Waals surface area contributed by atoms with Gasteiger partial charge in [-0.1, -0.05) is 57.2 Å². The summed E-state index contributed by atoms with van der Waals surface area (Å²) in [5, 5.41) is 11.8. The summed E-state index contributed by atoms with van der Waals surface area (Å²) in [6.07, 6.45) is 4.43. The summed E-state index contributed by atoms with van der Waals surface area (Å²) in [7, 11) is 1.77. The topological polar surface area (TPSA) is 45.7 Å². The molecule has 8 bridgehead atoms. The average molecular weight is 706 g/mol. The van der Waals surface area contributed by atoms with Gasteiger partial charge in [0.1, 0.15) is 31.1 Å². The quantitative estimate of drug-likeness (QED) is 0.219. The number of hydrogen-bond acceptors (Lipinski definition) is 2. The third-order valence-electron chi connectivity index (χ3n) is 8.57. The van der Waals surface area contributed by atoms with Crippen LogP contribution in [0.3, 0.4) is 0 Å². The first-order chi connectivity index (χ1) is 19.8. The zero-order chi connectivity index (χ0) is 28.3. The van der Waals surface area contributed by atoms with Crippen LogP contribution in [0.1, 0.15) is 48.6 Å². The number of fused-ring (bicyclic) bond motifs is 13. The van der Waals surface area contributed by atoms with E-state index < -0.39 is 0 Å². The van der Waals surface area contributed by atoms with Crippen molar-refractivity contribution >= 4 is 28.7 Å². The molecule has 2 N–H and O–H groups in total. The van der Waals surface area contributed by atoms with E-state index in [1.54, 1.807) is 7.11 Å². The van der Waals surface area contributed by atoms with Gasteiger partial charge in [0, 0.05) is 28.8 Å². The summed E-state index contributed by atoms with van der Waals surface area (Å²) >= 11 is 0. The molecule has 3 heterocycles. The fourth-order valence-corrected chi connectivity index (χ4v) is 6.44. The van der Waals surface area contributed by atoms with E-state index in [0.29, 0.717) is 31.9 Å². The normalized spacial score (nSPS) is 15.6. The molecule has 1 atom stereocenters. The highest BCUT2D eigenvalue weighted by Crippen LogP contribution is 2.34. The Morgan fingerprint density at radius 1 is 0.837 bits per heavy atom. The first kappa shape index (κ1) is 31.0. The molecule has 0 radical (unpaired) electrons. The predicted octanol–water partition coefficient (Wildman–Crippen LogP) is -1.04. The van der Waals surface area contributed by atoms with Crippen molar-refractivity contribution in [1.29, 1.82) is 0 Å². The monoisotopic (exact) mass is 703 g/mol. The Morgan fingerprint density at radius 3 is 2.35 bits per heavy atom. The first-order valence-electron chi connectivity index (χ1n) is 14.3. The van der Waals surface area contributed by atoms with Crippen molar-refractivity contribution in [2.24, 2.45) is 0 Å². The maximum absolute atomic E-state index is 11.8. The molecule has 4 aromatic carbocycles. The Bertz CT molecular complexity index is 1860. The summed E-state index contributed by atoms with van der Waals surface area (Å²) in [5.74, 6) is 1.32. The molecule has 8 heteroatoms. The number of nitrogens with one attached hydrogen (secondary N) is 1. The van der Waals surface area contributed by atoms with Crippen LogP contribution in [0, 0.1) is 0 Å².